The molecule has 0 bridgehead atoms. The van der Waals surface area contributed by atoms with Gasteiger partial charge in [-0.05, 0) is 102 Å². The molecule has 0 radical (unpaired) electrons. The molecule has 0 unspecified atom stereocenters. The Morgan fingerprint density at radius 2 is 0.735 bits per heavy atom. The van der Waals surface area contributed by atoms with Crippen molar-refractivity contribution < 1.29 is 0 Å². The number of benzene rings is 7. The van der Waals surface area contributed by atoms with Gasteiger partial charge in [0.1, 0.15) is 16.1 Å². The van der Waals surface area contributed by atoms with Crippen LogP contribution < -0.4 is 25.6 Å². The molecule has 0 aromatic heterocycles. The zero-order valence-corrected chi connectivity index (χ0v) is 30.5. The summed E-state index contributed by atoms with van der Waals surface area (Å²) in [6, 6.07) is 61.2. The fourth-order valence-electron chi connectivity index (χ4n) is 8.41. The Morgan fingerprint density at radius 3 is 1.37 bits per heavy atom. The SMILES string of the molecule is C[Si]1(C)c2ccccc2-c2cc(N(c3ccc(-c4ccccc4)cc3)c3ccc(-c4ccc5c(c4)[Si](C)(C)c4ccccc4-5)cc3)ccc21. The van der Waals surface area contributed by atoms with Gasteiger partial charge in [0.2, 0.25) is 0 Å². The van der Waals surface area contributed by atoms with E-state index in [-0.39, 0.29) is 0 Å². The smallest absolute Gasteiger partial charge is 0.113 e. The number of fused-ring (bicyclic) bond motifs is 6. The van der Waals surface area contributed by atoms with Crippen LogP contribution in [0.4, 0.5) is 17.1 Å². The molecule has 2 aliphatic heterocycles. The van der Waals surface area contributed by atoms with Crippen LogP contribution in [0.15, 0.2) is 164 Å². The van der Waals surface area contributed by atoms with Crippen molar-refractivity contribution in [2.75, 3.05) is 4.90 Å². The lowest BCUT2D eigenvalue weighted by molar-refractivity contribution is 1.29. The number of nitrogens with zero attached hydrogens (tertiary/aromatic N) is 1. The van der Waals surface area contributed by atoms with E-state index in [1.807, 2.05) is 0 Å². The zero-order chi connectivity index (χ0) is 33.3. The first-order chi connectivity index (χ1) is 23.8. The average Bonchev–Trinajstić information content (AvgIpc) is 3.52. The monoisotopic (exact) mass is 661 g/mol. The lowest BCUT2D eigenvalue weighted by Gasteiger charge is -2.27. The quantitative estimate of drug-likeness (QED) is 0.166. The fraction of sp³-hybridized carbons (Fsp3) is 0.0870. The van der Waals surface area contributed by atoms with Crippen LogP contribution in [0.3, 0.4) is 0 Å². The van der Waals surface area contributed by atoms with Gasteiger partial charge in [0.15, 0.2) is 0 Å². The second-order valence-corrected chi connectivity index (χ2v) is 23.3. The molecule has 9 rings (SSSR count). The van der Waals surface area contributed by atoms with Crippen molar-refractivity contribution in [3.05, 3.63) is 164 Å². The van der Waals surface area contributed by atoms with E-state index in [1.54, 1.807) is 10.4 Å². The Kier molecular flexibility index (Phi) is 6.81. The molecule has 7 aromatic carbocycles. The van der Waals surface area contributed by atoms with E-state index in [0.29, 0.717) is 0 Å². The molecular formula is C46H39NSi2. The van der Waals surface area contributed by atoms with E-state index in [1.165, 1.54) is 60.6 Å². The summed E-state index contributed by atoms with van der Waals surface area (Å²) in [5.41, 5.74) is 14.1. The normalized spacial score (nSPS) is 14.4. The molecule has 0 aliphatic carbocycles. The predicted molar refractivity (Wildman–Crippen MR) is 216 cm³/mol. The third-order valence-corrected chi connectivity index (χ3v) is 18.2. The van der Waals surface area contributed by atoms with E-state index < -0.39 is 16.1 Å². The molecule has 0 fully saturated rings. The van der Waals surface area contributed by atoms with Gasteiger partial charge in [-0.3, -0.25) is 0 Å². The van der Waals surface area contributed by atoms with E-state index in [9.17, 15) is 0 Å². The lowest BCUT2D eigenvalue weighted by Crippen LogP contribution is -2.49. The molecule has 3 heteroatoms. The number of hydrogen-bond acceptors (Lipinski definition) is 1. The van der Waals surface area contributed by atoms with Crippen molar-refractivity contribution in [1.29, 1.82) is 0 Å². The van der Waals surface area contributed by atoms with Crippen LogP contribution in [0, 0.1) is 0 Å². The summed E-state index contributed by atoms with van der Waals surface area (Å²) in [4.78, 5) is 2.42. The van der Waals surface area contributed by atoms with E-state index in [2.05, 4.69) is 195 Å². The summed E-state index contributed by atoms with van der Waals surface area (Å²) >= 11 is 0. The second-order valence-electron chi connectivity index (χ2n) is 14.6. The highest BCUT2D eigenvalue weighted by Gasteiger charge is 2.38. The zero-order valence-electron chi connectivity index (χ0n) is 28.5. The average molecular weight is 662 g/mol. The maximum absolute atomic E-state index is 2.49. The van der Waals surface area contributed by atoms with Gasteiger partial charge in [-0.1, -0.05) is 154 Å². The van der Waals surface area contributed by atoms with Gasteiger partial charge in [0, 0.05) is 17.1 Å². The summed E-state index contributed by atoms with van der Waals surface area (Å²) in [7, 11) is -3.48. The third-order valence-electron chi connectivity index (χ3n) is 11.1. The topological polar surface area (TPSA) is 3.24 Å². The Labute approximate surface area is 292 Å². The van der Waals surface area contributed by atoms with E-state index >= 15 is 0 Å². The van der Waals surface area contributed by atoms with Crippen LogP contribution in [0.25, 0.3) is 44.5 Å². The molecule has 0 saturated carbocycles. The summed E-state index contributed by atoms with van der Waals surface area (Å²) in [5.74, 6) is 0. The largest absolute Gasteiger partial charge is 0.310 e. The van der Waals surface area contributed by atoms with Gasteiger partial charge >= 0.3 is 0 Å². The molecule has 0 spiro atoms. The van der Waals surface area contributed by atoms with E-state index in [4.69, 9.17) is 0 Å². The predicted octanol–water partition coefficient (Wildman–Crippen LogP) is 10.1. The highest BCUT2D eigenvalue weighted by atomic mass is 28.3. The molecule has 0 amide bonds. The van der Waals surface area contributed by atoms with Gasteiger partial charge in [-0.2, -0.15) is 0 Å². The van der Waals surface area contributed by atoms with Crippen molar-refractivity contribution in [1.82, 2.24) is 0 Å². The number of anilines is 3. The third kappa shape index (κ3) is 4.72. The number of rotatable bonds is 5. The van der Waals surface area contributed by atoms with Crippen LogP contribution in [-0.2, 0) is 0 Å². The first kappa shape index (κ1) is 29.9. The van der Waals surface area contributed by atoms with E-state index in [0.717, 1.165) is 11.4 Å². The maximum Gasteiger partial charge on any atom is 0.113 e. The van der Waals surface area contributed by atoms with Crippen LogP contribution in [0.5, 0.6) is 0 Å². The first-order valence-electron chi connectivity index (χ1n) is 17.4. The molecule has 49 heavy (non-hydrogen) atoms. The van der Waals surface area contributed by atoms with Crippen molar-refractivity contribution in [3.8, 4) is 44.5 Å². The molecular weight excluding hydrogens is 623 g/mol. The van der Waals surface area contributed by atoms with Crippen LogP contribution in [0.2, 0.25) is 26.2 Å². The molecule has 7 aromatic rings. The second kappa shape index (κ2) is 11.2. The standard InChI is InChI=1S/C46H39NSi2/c1-48(2)44-17-11-9-15-40(44)42-31-38(27-29-45(42)48)47(36-23-18-33(19-24-36)32-12-6-5-7-13-32)37-25-20-34(21-26-37)35-22-28-41-39-14-8-10-16-43(39)49(3,4)46(41)30-35/h5-31H,1-4H3. The molecule has 236 valence electrons. The summed E-state index contributed by atoms with van der Waals surface area (Å²) in [5, 5.41) is 6.15. The van der Waals surface area contributed by atoms with Crippen LogP contribution in [-0.4, -0.2) is 16.1 Å². The molecule has 0 atom stereocenters. The van der Waals surface area contributed by atoms with Crippen molar-refractivity contribution in [3.63, 3.8) is 0 Å². The van der Waals surface area contributed by atoms with Gasteiger partial charge < -0.3 is 4.90 Å². The van der Waals surface area contributed by atoms with Crippen LogP contribution >= 0.6 is 0 Å². The van der Waals surface area contributed by atoms with Gasteiger partial charge in [-0.25, -0.2) is 0 Å². The Bertz CT molecular complexity index is 2370. The Morgan fingerprint density at radius 1 is 0.306 bits per heavy atom. The highest BCUT2D eigenvalue weighted by molar-refractivity contribution is 7.04. The number of hydrogen-bond donors (Lipinski definition) is 0. The Balaban J connectivity index is 1.13. The minimum Gasteiger partial charge on any atom is -0.310 e. The molecule has 0 N–H and O–H groups in total. The highest BCUT2D eigenvalue weighted by Crippen LogP contribution is 2.40. The molecule has 0 saturated heterocycles. The minimum absolute atomic E-state index is 1.15. The summed E-state index contributed by atoms with van der Waals surface area (Å²) in [6.07, 6.45) is 0. The van der Waals surface area contributed by atoms with Crippen molar-refractivity contribution in [2.24, 2.45) is 0 Å². The minimum atomic E-state index is -1.74. The Hall–Kier alpha value is -5.23. The van der Waals surface area contributed by atoms with Gasteiger partial charge in [-0.15, -0.1) is 0 Å². The maximum atomic E-state index is 2.49. The summed E-state index contributed by atoms with van der Waals surface area (Å²) < 4.78 is 0. The summed E-state index contributed by atoms with van der Waals surface area (Å²) in [6.45, 7) is 9.95. The van der Waals surface area contributed by atoms with Gasteiger partial charge in [0.25, 0.3) is 0 Å². The molecule has 2 aliphatic rings. The lowest BCUT2D eigenvalue weighted by atomic mass is 10.00. The van der Waals surface area contributed by atoms with Crippen molar-refractivity contribution in [2.45, 2.75) is 26.2 Å². The molecule has 1 nitrogen and oxygen atoms in total. The van der Waals surface area contributed by atoms with Gasteiger partial charge in [0.05, 0.1) is 0 Å². The molecule has 2 heterocycles. The fourth-order valence-corrected chi connectivity index (χ4v) is 14.6. The van der Waals surface area contributed by atoms with Crippen molar-refractivity contribution >= 4 is 54.0 Å². The van der Waals surface area contributed by atoms with Crippen LogP contribution in [0.1, 0.15) is 0 Å². The first-order valence-corrected chi connectivity index (χ1v) is 23.4.